The monoisotopic (exact) mass is 264 g/mol. The van der Waals surface area contributed by atoms with Crippen LogP contribution in [0.15, 0.2) is 17.6 Å². The lowest BCUT2D eigenvalue weighted by Gasteiger charge is -2.21. The summed E-state index contributed by atoms with van der Waals surface area (Å²) in [7, 11) is 0. The first-order valence-corrected chi connectivity index (χ1v) is 6.56. The molecule has 0 bridgehead atoms. The maximum absolute atomic E-state index is 11.4. The van der Waals surface area contributed by atoms with E-state index in [1.54, 1.807) is 5.51 Å². The van der Waals surface area contributed by atoms with Gasteiger partial charge >= 0.3 is 0 Å². The molecule has 0 aliphatic carbocycles. The number of anilines is 2. The summed E-state index contributed by atoms with van der Waals surface area (Å²) in [5, 5.41) is 3.09. The first kappa shape index (κ1) is 12.6. The van der Waals surface area contributed by atoms with E-state index in [1.165, 1.54) is 11.3 Å². The van der Waals surface area contributed by atoms with Gasteiger partial charge in [-0.2, -0.15) is 0 Å². The molecule has 0 spiro atoms. The second kappa shape index (κ2) is 4.81. The van der Waals surface area contributed by atoms with E-state index >= 15 is 0 Å². The molecule has 1 unspecified atom stereocenters. The lowest BCUT2D eigenvalue weighted by molar-refractivity contribution is -0.119. The molecule has 1 heterocycles. The van der Waals surface area contributed by atoms with Crippen LogP contribution in [0.3, 0.4) is 0 Å². The third-order valence-electron chi connectivity index (χ3n) is 2.83. The fraction of sp³-hybridized carbons (Fsp3) is 0.333. The number of benzene rings is 1. The molecule has 0 aliphatic rings. The first-order chi connectivity index (χ1) is 8.50. The Morgan fingerprint density at radius 1 is 1.44 bits per heavy atom. The molecule has 0 aliphatic heterocycles. The predicted molar refractivity (Wildman–Crippen MR) is 75.5 cm³/mol. The largest absolute Gasteiger partial charge is 0.395 e. The molecule has 0 saturated carbocycles. The Balaban J connectivity index is 2.36. The zero-order valence-electron chi connectivity index (χ0n) is 10.3. The molecule has 2 aromatic rings. The van der Waals surface area contributed by atoms with E-state index in [9.17, 15) is 4.79 Å². The van der Waals surface area contributed by atoms with Gasteiger partial charge in [-0.15, -0.1) is 11.3 Å². The van der Waals surface area contributed by atoms with Crippen molar-refractivity contribution in [1.29, 1.82) is 0 Å². The number of thiazole rings is 1. The van der Waals surface area contributed by atoms with Crippen molar-refractivity contribution in [2.45, 2.75) is 19.9 Å². The van der Waals surface area contributed by atoms with E-state index in [4.69, 9.17) is 11.5 Å². The summed E-state index contributed by atoms with van der Waals surface area (Å²) in [4.78, 5) is 15.6. The third-order valence-corrected chi connectivity index (χ3v) is 3.62. The number of nitrogens with one attached hydrogen (secondary N) is 1. The summed E-state index contributed by atoms with van der Waals surface area (Å²) < 4.78 is 1.03. The number of aromatic nitrogens is 1. The Morgan fingerprint density at radius 3 is 2.78 bits per heavy atom. The van der Waals surface area contributed by atoms with Crippen molar-refractivity contribution in [3.63, 3.8) is 0 Å². The normalized spacial score (nSPS) is 12.8. The van der Waals surface area contributed by atoms with Gasteiger partial charge in [0.1, 0.15) is 11.6 Å². The summed E-state index contributed by atoms with van der Waals surface area (Å²) >= 11 is 1.53. The van der Waals surface area contributed by atoms with Crippen LogP contribution in [0.25, 0.3) is 10.2 Å². The van der Waals surface area contributed by atoms with Crippen molar-refractivity contribution in [3.8, 4) is 0 Å². The van der Waals surface area contributed by atoms with Crippen LogP contribution >= 0.6 is 11.3 Å². The van der Waals surface area contributed by atoms with Gasteiger partial charge in [-0.05, 0) is 18.1 Å². The second-order valence-electron chi connectivity index (χ2n) is 4.49. The molecule has 96 valence electrons. The number of carbonyl (C=O) groups is 1. The average Bonchev–Trinajstić information content (AvgIpc) is 2.76. The number of nitrogens with zero attached hydrogens (tertiary/aromatic N) is 1. The standard InChI is InChI=1S/C12H16N4OS/c1-6(2)10(12(14)17)16-7-3-4-8-11(9(7)13)15-5-18-8/h3-6,10,16H,13H2,1-2H3,(H2,14,17). The number of rotatable bonds is 4. The Bertz CT molecular complexity index is 578. The molecular formula is C12H16N4OS. The molecule has 0 radical (unpaired) electrons. The van der Waals surface area contributed by atoms with Crippen molar-refractivity contribution in [2.24, 2.45) is 11.7 Å². The highest BCUT2D eigenvalue weighted by atomic mass is 32.1. The summed E-state index contributed by atoms with van der Waals surface area (Å²) in [6.45, 7) is 3.86. The molecule has 18 heavy (non-hydrogen) atoms. The average molecular weight is 264 g/mol. The molecule has 5 N–H and O–H groups in total. The van der Waals surface area contributed by atoms with Crippen molar-refractivity contribution in [1.82, 2.24) is 4.98 Å². The molecule has 1 aromatic heterocycles. The minimum atomic E-state index is -0.441. The zero-order chi connectivity index (χ0) is 13.3. The summed E-state index contributed by atoms with van der Waals surface area (Å²) in [6, 6.07) is 3.35. The van der Waals surface area contributed by atoms with Crippen molar-refractivity contribution in [3.05, 3.63) is 17.6 Å². The maximum atomic E-state index is 11.4. The molecule has 6 heteroatoms. The fourth-order valence-corrected chi connectivity index (χ4v) is 2.50. The number of primary amides is 1. The lowest BCUT2D eigenvalue weighted by Crippen LogP contribution is -2.39. The SMILES string of the molecule is CC(C)C(Nc1ccc2scnc2c1N)C(N)=O. The van der Waals surface area contributed by atoms with Crippen molar-refractivity contribution in [2.75, 3.05) is 11.1 Å². The second-order valence-corrected chi connectivity index (χ2v) is 5.38. The van der Waals surface area contributed by atoms with Crippen LogP contribution < -0.4 is 16.8 Å². The Morgan fingerprint density at radius 2 is 2.17 bits per heavy atom. The van der Waals surface area contributed by atoms with Crippen LogP contribution in [0.4, 0.5) is 11.4 Å². The molecule has 1 aromatic carbocycles. The number of hydrogen-bond acceptors (Lipinski definition) is 5. The van der Waals surface area contributed by atoms with E-state index < -0.39 is 6.04 Å². The topological polar surface area (TPSA) is 94.0 Å². The number of nitrogens with two attached hydrogens (primary N) is 2. The number of fused-ring (bicyclic) bond motifs is 1. The van der Waals surface area contributed by atoms with E-state index in [0.29, 0.717) is 11.4 Å². The fourth-order valence-electron chi connectivity index (χ4n) is 1.81. The van der Waals surface area contributed by atoms with Gasteiger partial charge in [-0.1, -0.05) is 13.8 Å². The zero-order valence-corrected chi connectivity index (χ0v) is 11.1. The molecule has 1 amide bonds. The van der Waals surface area contributed by atoms with Crippen molar-refractivity contribution < 1.29 is 4.79 Å². The van der Waals surface area contributed by atoms with Gasteiger partial charge in [0, 0.05) is 0 Å². The number of hydrogen-bond donors (Lipinski definition) is 3. The number of amides is 1. The number of carbonyl (C=O) groups excluding carboxylic acids is 1. The molecule has 5 nitrogen and oxygen atoms in total. The van der Waals surface area contributed by atoms with Gasteiger partial charge in [0.15, 0.2) is 0 Å². The highest BCUT2D eigenvalue weighted by molar-refractivity contribution is 7.16. The van der Waals surface area contributed by atoms with Crippen LogP contribution in [-0.4, -0.2) is 16.9 Å². The van der Waals surface area contributed by atoms with Gasteiger partial charge < -0.3 is 16.8 Å². The third kappa shape index (κ3) is 2.24. The van der Waals surface area contributed by atoms with Crippen LogP contribution in [0.2, 0.25) is 0 Å². The minimum absolute atomic E-state index is 0.0908. The van der Waals surface area contributed by atoms with Crippen LogP contribution in [0.1, 0.15) is 13.8 Å². The molecule has 2 rings (SSSR count). The molecule has 0 fully saturated rings. The van der Waals surface area contributed by atoms with E-state index in [1.807, 2.05) is 26.0 Å². The lowest BCUT2D eigenvalue weighted by atomic mass is 10.0. The Labute approximate surface area is 109 Å². The molecule has 0 saturated heterocycles. The van der Waals surface area contributed by atoms with Gasteiger partial charge in [0.2, 0.25) is 5.91 Å². The van der Waals surface area contributed by atoms with E-state index in [2.05, 4.69) is 10.3 Å². The van der Waals surface area contributed by atoms with Gasteiger partial charge in [-0.25, -0.2) is 4.98 Å². The molecule has 1 atom stereocenters. The van der Waals surface area contributed by atoms with Crippen LogP contribution in [-0.2, 0) is 4.79 Å². The van der Waals surface area contributed by atoms with Gasteiger partial charge in [0.05, 0.1) is 21.6 Å². The highest BCUT2D eigenvalue weighted by Gasteiger charge is 2.20. The Hall–Kier alpha value is -1.82. The smallest absolute Gasteiger partial charge is 0.240 e. The van der Waals surface area contributed by atoms with Gasteiger partial charge in [-0.3, -0.25) is 4.79 Å². The van der Waals surface area contributed by atoms with Gasteiger partial charge in [0.25, 0.3) is 0 Å². The quantitative estimate of drug-likeness (QED) is 0.734. The Kier molecular flexibility index (Phi) is 3.38. The highest BCUT2D eigenvalue weighted by Crippen LogP contribution is 2.30. The summed E-state index contributed by atoms with van der Waals surface area (Å²) in [5.41, 5.74) is 15.2. The summed E-state index contributed by atoms with van der Waals surface area (Å²) in [5.74, 6) is -0.296. The molecular weight excluding hydrogens is 248 g/mol. The summed E-state index contributed by atoms with van der Waals surface area (Å²) in [6.07, 6.45) is 0. The van der Waals surface area contributed by atoms with Crippen LogP contribution in [0.5, 0.6) is 0 Å². The minimum Gasteiger partial charge on any atom is -0.395 e. The maximum Gasteiger partial charge on any atom is 0.240 e. The van der Waals surface area contributed by atoms with Crippen molar-refractivity contribution >= 4 is 38.8 Å². The van der Waals surface area contributed by atoms with E-state index in [-0.39, 0.29) is 11.8 Å². The van der Waals surface area contributed by atoms with Crippen LogP contribution in [0, 0.1) is 5.92 Å². The van der Waals surface area contributed by atoms with E-state index in [0.717, 1.165) is 10.2 Å². The predicted octanol–water partition coefficient (Wildman–Crippen LogP) is 1.80. The number of nitrogen functional groups attached to an aromatic ring is 1. The first-order valence-electron chi connectivity index (χ1n) is 5.68.